The highest BCUT2D eigenvalue weighted by Crippen LogP contribution is 2.29. The zero-order valence-electron chi connectivity index (χ0n) is 16.9. The third-order valence-electron chi connectivity index (χ3n) is 4.49. The lowest BCUT2D eigenvalue weighted by Gasteiger charge is -2.16. The lowest BCUT2D eigenvalue weighted by atomic mass is 10.1. The van der Waals surface area contributed by atoms with Crippen molar-refractivity contribution in [3.05, 3.63) is 60.2 Å². The van der Waals surface area contributed by atoms with Crippen LogP contribution in [0.3, 0.4) is 0 Å². The molecule has 158 valence electrons. The first kappa shape index (κ1) is 21.4. The van der Waals surface area contributed by atoms with Crippen molar-refractivity contribution in [2.24, 2.45) is 0 Å². The average molecular weight is 416 g/mol. The number of hydrogen-bond donors (Lipinski definition) is 2. The maximum absolute atomic E-state index is 12.6. The Kier molecular flexibility index (Phi) is 6.44. The maximum Gasteiger partial charge on any atom is 0.573 e. The molecule has 8 heteroatoms. The van der Waals surface area contributed by atoms with E-state index >= 15 is 0 Å². The van der Waals surface area contributed by atoms with Crippen LogP contribution in [0.15, 0.2) is 54.6 Å². The van der Waals surface area contributed by atoms with Crippen molar-refractivity contribution in [3.8, 4) is 17.0 Å². The van der Waals surface area contributed by atoms with Crippen LogP contribution >= 0.6 is 0 Å². The minimum atomic E-state index is -4.76. The molecule has 3 rings (SSSR count). The van der Waals surface area contributed by atoms with E-state index in [1.54, 1.807) is 12.1 Å². The Labute approximate surface area is 173 Å². The zero-order valence-corrected chi connectivity index (χ0v) is 16.9. The lowest BCUT2D eigenvalue weighted by Crippen LogP contribution is -2.17. The van der Waals surface area contributed by atoms with Crippen LogP contribution in [-0.4, -0.2) is 22.4 Å². The van der Waals surface area contributed by atoms with Crippen molar-refractivity contribution in [2.45, 2.75) is 39.6 Å². The van der Waals surface area contributed by atoms with E-state index in [1.165, 1.54) is 18.2 Å². The zero-order chi connectivity index (χ0) is 21.7. The van der Waals surface area contributed by atoms with Gasteiger partial charge >= 0.3 is 6.36 Å². The van der Waals surface area contributed by atoms with Crippen molar-refractivity contribution in [3.63, 3.8) is 0 Å². The van der Waals surface area contributed by atoms with Crippen molar-refractivity contribution in [1.82, 2.24) is 9.97 Å². The van der Waals surface area contributed by atoms with Gasteiger partial charge in [0.1, 0.15) is 11.6 Å². The number of nitrogens with zero attached hydrogens (tertiary/aromatic N) is 2. The normalized spacial score (nSPS) is 12.3. The summed E-state index contributed by atoms with van der Waals surface area (Å²) in [5.41, 5.74) is 2.87. The molecule has 5 nitrogen and oxygen atoms in total. The van der Waals surface area contributed by atoms with Gasteiger partial charge in [-0.25, -0.2) is 4.98 Å². The molecule has 0 fully saturated rings. The van der Waals surface area contributed by atoms with Crippen LogP contribution in [0.1, 0.15) is 25.8 Å². The average Bonchev–Trinajstić information content (AvgIpc) is 2.68. The van der Waals surface area contributed by atoms with E-state index in [9.17, 15) is 13.2 Å². The standard InChI is InChI=1S/C22H23F3N4O/c1-4-15(3)26-21-28-19(16-9-7-10-17(12-16)30-22(23,24)25)13-20(29-21)27-18-11-6-5-8-14(18)2/h5-13,15H,4H2,1-3H3,(H2,26,27,28,29)/t15-/m1/s1. The summed E-state index contributed by atoms with van der Waals surface area (Å²) >= 11 is 0. The van der Waals surface area contributed by atoms with E-state index in [0.717, 1.165) is 17.7 Å². The molecule has 0 unspecified atom stereocenters. The molecule has 30 heavy (non-hydrogen) atoms. The Morgan fingerprint density at radius 3 is 2.50 bits per heavy atom. The number of anilines is 3. The van der Waals surface area contributed by atoms with Crippen LogP contribution in [0.25, 0.3) is 11.3 Å². The second-order valence-corrected chi connectivity index (χ2v) is 6.93. The molecule has 1 heterocycles. The van der Waals surface area contributed by atoms with E-state index in [1.807, 2.05) is 45.0 Å². The van der Waals surface area contributed by atoms with E-state index in [4.69, 9.17) is 0 Å². The first-order valence-corrected chi connectivity index (χ1v) is 9.58. The van der Waals surface area contributed by atoms with Gasteiger partial charge in [0.05, 0.1) is 5.69 Å². The first-order valence-electron chi connectivity index (χ1n) is 9.58. The van der Waals surface area contributed by atoms with Crippen molar-refractivity contribution in [2.75, 3.05) is 10.6 Å². The van der Waals surface area contributed by atoms with Crippen molar-refractivity contribution >= 4 is 17.5 Å². The highest BCUT2D eigenvalue weighted by atomic mass is 19.4. The molecule has 0 saturated heterocycles. The molecule has 0 aliphatic heterocycles. The van der Waals surface area contributed by atoms with Gasteiger partial charge in [0.2, 0.25) is 5.95 Å². The third-order valence-corrected chi connectivity index (χ3v) is 4.49. The number of hydrogen-bond acceptors (Lipinski definition) is 5. The number of aryl methyl sites for hydroxylation is 1. The van der Waals surface area contributed by atoms with E-state index in [0.29, 0.717) is 23.0 Å². The summed E-state index contributed by atoms with van der Waals surface area (Å²) in [7, 11) is 0. The molecule has 1 aromatic heterocycles. The molecule has 2 aromatic carbocycles. The highest BCUT2D eigenvalue weighted by Gasteiger charge is 2.31. The quantitative estimate of drug-likeness (QED) is 0.473. The van der Waals surface area contributed by atoms with Crippen molar-refractivity contribution < 1.29 is 17.9 Å². The predicted octanol–water partition coefficient (Wildman–Crippen LogP) is 6.30. The molecule has 2 N–H and O–H groups in total. The van der Waals surface area contributed by atoms with Gasteiger partial charge in [-0.15, -0.1) is 13.2 Å². The van der Waals surface area contributed by atoms with Crippen LogP contribution in [0, 0.1) is 6.92 Å². The van der Waals surface area contributed by atoms with Gasteiger partial charge in [0, 0.05) is 23.4 Å². The van der Waals surface area contributed by atoms with Crippen LogP contribution in [0.2, 0.25) is 0 Å². The Hall–Kier alpha value is -3.29. The molecular formula is C22H23F3N4O. The molecule has 0 aliphatic carbocycles. The fourth-order valence-corrected chi connectivity index (χ4v) is 2.75. The van der Waals surface area contributed by atoms with Crippen molar-refractivity contribution in [1.29, 1.82) is 0 Å². The van der Waals surface area contributed by atoms with Gasteiger partial charge < -0.3 is 15.4 Å². The summed E-state index contributed by atoms with van der Waals surface area (Å²) in [5, 5.41) is 6.49. The molecule has 3 aromatic rings. The molecule has 0 spiro atoms. The van der Waals surface area contributed by atoms with Gasteiger partial charge in [0.25, 0.3) is 0 Å². The molecule has 0 aliphatic rings. The van der Waals surface area contributed by atoms with Gasteiger partial charge in [-0.3, -0.25) is 0 Å². The summed E-state index contributed by atoms with van der Waals surface area (Å²) in [5.74, 6) is 0.616. The van der Waals surface area contributed by atoms with Gasteiger partial charge in [0.15, 0.2) is 0 Å². The largest absolute Gasteiger partial charge is 0.573 e. The number of benzene rings is 2. The minimum Gasteiger partial charge on any atom is -0.406 e. The van der Waals surface area contributed by atoms with Crippen LogP contribution in [-0.2, 0) is 0 Å². The van der Waals surface area contributed by atoms with Gasteiger partial charge in [-0.2, -0.15) is 4.98 Å². The van der Waals surface area contributed by atoms with Gasteiger partial charge in [-0.1, -0.05) is 37.3 Å². The number of aromatic nitrogens is 2. The second kappa shape index (κ2) is 9.02. The van der Waals surface area contributed by atoms with Crippen LogP contribution < -0.4 is 15.4 Å². The first-order chi connectivity index (χ1) is 14.2. The lowest BCUT2D eigenvalue weighted by molar-refractivity contribution is -0.274. The Balaban J connectivity index is 2.00. The molecule has 0 bridgehead atoms. The smallest absolute Gasteiger partial charge is 0.406 e. The SMILES string of the molecule is CC[C@@H](C)Nc1nc(Nc2ccccc2C)cc(-c2cccc(OC(F)(F)F)c2)n1. The number of alkyl halides is 3. The van der Waals surface area contributed by atoms with E-state index in [-0.39, 0.29) is 11.8 Å². The molecular weight excluding hydrogens is 393 g/mol. The summed E-state index contributed by atoms with van der Waals surface area (Å²) in [4.78, 5) is 9.01. The fourth-order valence-electron chi connectivity index (χ4n) is 2.75. The number of halogens is 3. The Morgan fingerprint density at radius 2 is 1.80 bits per heavy atom. The summed E-state index contributed by atoms with van der Waals surface area (Å²) in [6.45, 7) is 6.01. The van der Waals surface area contributed by atoms with E-state index in [2.05, 4.69) is 25.3 Å². The van der Waals surface area contributed by atoms with E-state index < -0.39 is 6.36 Å². The summed E-state index contributed by atoms with van der Waals surface area (Å²) < 4.78 is 41.8. The fraction of sp³-hybridized carbons (Fsp3) is 0.273. The molecule has 0 radical (unpaired) electrons. The summed E-state index contributed by atoms with van der Waals surface area (Å²) in [6, 6.07) is 15.3. The monoisotopic (exact) mass is 416 g/mol. The Morgan fingerprint density at radius 1 is 1.03 bits per heavy atom. The molecule has 0 amide bonds. The maximum atomic E-state index is 12.6. The summed E-state index contributed by atoms with van der Waals surface area (Å²) in [6.07, 6.45) is -3.89. The third kappa shape index (κ3) is 5.85. The predicted molar refractivity (Wildman–Crippen MR) is 112 cm³/mol. The van der Waals surface area contributed by atoms with Crippen LogP contribution in [0.5, 0.6) is 5.75 Å². The molecule has 0 saturated carbocycles. The number of rotatable bonds is 7. The molecule has 1 atom stereocenters. The Bertz CT molecular complexity index is 1010. The second-order valence-electron chi connectivity index (χ2n) is 6.93. The van der Waals surface area contributed by atoms with Crippen LogP contribution in [0.4, 0.5) is 30.6 Å². The number of ether oxygens (including phenoxy) is 1. The topological polar surface area (TPSA) is 59.1 Å². The van der Waals surface area contributed by atoms with Gasteiger partial charge in [-0.05, 0) is 44.0 Å². The minimum absolute atomic E-state index is 0.131. The number of nitrogens with one attached hydrogen (secondary N) is 2. The highest BCUT2D eigenvalue weighted by molar-refractivity contribution is 5.69. The number of para-hydroxylation sites is 1.